The molecule has 8 amide bonds. The predicted octanol–water partition coefficient (Wildman–Crippen LogP) is 4.33. The van der Waals surface area contributed by atoms with E-state index in [1.807, 2.05) is 112 Å². The van der Waals surface area contributed by atoms with Gasteiger partial charge in [-0.15, -0.1) is 0 Å². The topological polar surface area (TPSA) is 222 Å². The van der Waals surface area contributed by atoms with Crippen LogP contribution in [0.3, 0.4) is 0 Å². The molecule has 3 aromatic rings. The lowest BCUT2D eigenvalue weighted by atomic mass is 9.85. The van der Waals surface area contributed by atoms with Crippen LogP contribution < -0.4 is 31.9 Å². The first-order valence-corrected chi connectivity index (χ1v) is 27.9. The zero-order valence-electron chi connectivity index (χ0n) is 47.9. The van der Waals surface area contributed by atoms with E-state index in [0.29, 0.717) is 76.1 Å². The molecule has 2 aliphatic rings. The van der Waals surface area contributed by atoms with Crippen LogP contribution in [0.5, 0.6) is 0 Å². The standard InChI is InChI=1S/C60H88N10O8/c1-41(61-9)53(73)65-51(59(3,4)5)57(77)69-35-17-23-47(69)39-67(37-31-43-19-13-11-14-20-43)49(71)29-33-63-55(75)45-25-27-46(28-26-45)56(76)64-34-30-50(72)68(38-32-44-21-15-12-16-22-44)40-48-24-18-36-70(48)58(78)52(60(6,7)8)66-54(74)42(2)62-10/h11-16,19-22,25-28,41-42,47-48,51-52,61-62H,17-18,23-24,29-40H2,1-10H3,(H,63,75)(H,64,76)(H,65,73)(H,66,74)/t41-,42-,47-,48+,51+,52+/m0/s1. The van der Waals surface area contributed by atoms with Crippen molar-refractivity contribution in [3.05, 3.63) is 107 Å². The van der Waals surface area contributed by atoms with E-state index < -0.39 is 46.8 Å². The van der Waals surface area contributed by atoms with Gasteiger partial charge >= 0.3 is 0 Å². The molecule has 6 atom stereocenters. The van der Waals surface area contributed by atoms with E-state index in [2.05, 4.69) is 31.9 Å². The summed E-state index contributed by atoms with van der Waals surface area (Å²) in [6.07, 6.45) is 4.21. The van der Waals surface area contributed by atoms with E-state index in [1.165, 1.54) is 0 Å². The molecule has 0 saturated carbocycles. The number of nitrogens with zero attached hydrogens (tertiary/aromatic N) is 4. The van der Waals surface area contributed by atoms with E-state index in [0.717, 1.165) is 24.0 Å². The number of benzene rings is 3. The Morgan fingerprint density at radius 3 is 1.21 bits per heavy atom. The highest BCUT2D eigenvalue weighted by atomic mass is 16.2. The Balaban J connectivity index is 1.16. The van der Waals surface area contributed by atoms with Crippen molar-refractivity contribution in [2.24, 2.45) is 10.8 Å². The van der Waals surface area contributed by atoms with Gasteiger partial charge < -0.3 is 51.5 Å². The first-order chi connectivity index (χ1) is 37.0. The third-order valence-corrected chi connectivity index (χ3v) is 15.0. The van der Waals surface area contributed by atoms with Crippen LogP contribution in [-0.4, -0.2) is 170 Å². The average molecular weight is 1080 g/mol. The van der Waals surface area contributed by atoms with Crippen molar-refractivity contribution in [3.8, 4) is 0 Å². The van der Waals surface area contributed by atoms with E-state index in [1.54, 1.807) is 62.0 Å². The minimum atomic E-state index is -0.763. The first kappa shape index (κ1) is 62.2. The molecular formula is C60H88N10O8. The number of amides is 8. The molecule has 0 aromatic heterocycles. The summed E-state index contributed by atoms with van der Waals surface area (Å²) in [6, 6.07) is 22.9. The van der Waals surface area contributed by atoms with Crippen LogP contribution in [0.15, 0.2) is 84.9 Å². The quantitative estimate of drug-likeness (QED) is 0.0669. The highest BCUT2D eigenvalue weighted by Gasteiger charge is 2.42. The fourth-order valence-electron chi connectivity index (χ4n) is 9.88. The normalized spacial score (nSPS) is 17.1. The molecule has 2 saturated heterocycles. The zero-order valence-corrected chi connectivity index (χ0v) is 47.9. The second kappa shape index (κ2) is 29.4. The lowest BCUT2D eigenvalue weighted by molar-refractivity contribution is -0.142. The third-order valence-electron chi connectivity index (χ3n) is 15.0. The summed E-state index contributed by atoms with van der Waals surface area (Å²) in [5, 5.41) is 17.5. The van der Waals surface area contributed by atoms with Crippen LogP contribution in [0, 0.1) is 10.8 Å². The van der Waals surface area contributed by atoms with Gasteiger partial charge in [-0.05, 0) is 113 Å². The molecule has 2 fully saturated rings. The minimum absolute atomic E-state index is 0.0254. The van der Waals surface area contributed by atoms with Gasteiger partial charge in [-0.25, -0.2) is 0 Å². The van der Waals surface area contributed by atoms with Gasteiger partial charge in [0, 0.05) is 88.4 Å². The van der Waals surface area contributed by atoms with Crippen molar-refractivity contribution in [2.75, 3.05) is 66.5 Å². The fraction of sp³-hybridized carbons (Fsp3) is 0.567. The smallest absolute Gasteiger partial charge is 0.251 e. The van der Waals surface area contributed by atoms with Gasteiger partial charge in [-0.1, -0.05) is 102 Å². The van der Waals surface area contributed by atoms with Crippen molar-refractivity contribution in [3.63, 3.8) is 0 Å². The lowest BCUT2D eigenvalue weighted by Gasteiger charge is -2.37. The molecular weight excluding hydrogens is 989 g/mol. The molecule has 0 radical (unpaired) electrons. The molecule has 2 heterocycles. The molecule has 6 N–H and O–H groups in total. The molecule has 426 valence electrons. The Morgan fingerprint density at radius 1 is 0.538 bits per heavy atom. The Labute approximate surface area is 462 Å². The van der Waals surface area contributed by atoms with Gasteiger partial charge in [-0.3, -0.25) is 38.4 Å². The van der Waals surface area contributed by atoms with Crippen molar-refractivity contribution < 1.29 is 38.4 Å². The highest BCUT2D eigenvalue weighted by Crippen LogP contribution is 2.28. The molecule has 18 heteroatoms. The van der Waals surface area contributed by atoms with Crippen molar-refractivity contribution in [1.29, 1.82) is 0 Å². The number of carbonyl (C=O) groups excluding carboxylic acids is 8. The molecule has 18 nitrogen and oxygen atoms in total. The third kappa shape index (κ3) is 18.2. The highest BCUT2D eigenvalue weighted by molar-refractivity contribution is 5.98. The Bertz CT molecular complexity index is 2310. The summed E-state index contributed by atoms with van der Waals surface area (Å²) >= 11 is 0. The van der Waals surface area contributed by atoms with Crippen molar-refractivity contribution >= 4 is 47.3 Å². The minimum Gasteiger partial charge on any atom is -0.352 e. The number of hydrogen-bond acceptors (Lipinski definition) is 10. The van der Waals surface area contributed by atoms with Crippen LogP contribution in [0.2, 0.25) is 0 Å². The van der Waals surface area contributed by atoms with Gasteiger partial charge in [0.25, 0.3) is 11.8 Å². The van der Waals surface area contributed by atoms with Gasteiger partial charge in [0.15, 0.2) is 0 Å². The number of carbonyl (C=O) groups is 8. The van der Waals surface area contributed by atoms with Crippen molar-refractivity contribution in [2.45, 2.75) is 143 Å². The monoisotopic (exact) mass is 1080 g/mol. The van der Waals surface area contributed by atoms with Gasteiger partial charge in [0.2, 0.25) is 35.4 Å². The Morgan fingerprint density at radius 2 is 0.885 bits per heavy atom. The summed E-state index contributed by atoms with van der Waals surface area (Å²) in [5.41, 5.74) is 1.61. The summed E-state index contributed by atoms with van der Waals surface area (Å²) in [7, 11) is 3.39. The van der Waals surface area contributed by atoms with Crippen LogP contribution in [0.4, 0.5) is 0 Å². The maximum Gasteiger partial charge on any atom is 0.251 e. The predicted molar refractivity (Wildman–Crippen MR) is 303 cm³/mol. The Hall–Kier alpha value is -6.66. The lowest BCUT2D eigenvalue weighted by Crippen LogP contribution is -2.59. The van der Waals surface area contributed by atoms with E-state index >= 15 is 0 Å². The SMILES string of the molecule is CN[C@@H](C)C(=O)N[C@H](C(=O)N1CCC[C@@H]1CN(CCc1ccccc1)C(=O)CCNC(=O)c1ccc(C(=O)NCCC(=O)N(CCc2ccccc2)C[C@@H]2CCCN2C(=O)[C@@H](NC(=O)[C@H](C)NC)C(C)(C)C)cc1)C(C)(C)C. The van der Waals surface area contributed by atoms with E-state index in [9.17, 15) is 38.4 Å². The van der Waals surface area contributed by atoms with Crippen LogP contribution in [0.1, 0.15) is 126 Å². The molecule has 0 spiro atoms. The Kier molecular flexibility index (Phi) is 23.4. The number of likely N-dealkylation sites (tertiary alicyclic amines) is 2. The largest absolute Gasteiger partial charge is 0.352 e. The molecule has 2 aliphatic heterocycles. The molecule has 78 heavy (non-hydrogen) atoms. The first-order valence-electron chi connectivity index (χ1n) is 27.9. The summed E-state index contributed by atoms with van der Waals surface area (Å²) < 4.78 is 0. The second-order valence-corrected chi connectivity index (χ2v) is 23.0. The fourth-order valence-corrected chi connectivity index (χ4v) is 9.88. The van der Waals surface area contributed by atoms with Gasteiger partial charge in [-0.2, -0.15) is 0 Å². The maximum atomic E-state index is 14.2. The van der Waals surface area contributed by atoms with Gasteiger partial charge in [0.1, 0.15) is 12.1 Å². The number of nitrogens with one attached hydrogen (secondary N) is 6. The second-order valence-electron chi connectivity index (χ2n) is 23.0. The number of likely N-dealkylation sites (N-methyl/N-ethyl adjacent to an activating group) is 2. The van der Waals surface area contributed by atoms with Crippen LogP contribution >= 0.6 is 0 Å². The van der Waals surface area contributed by atoms with Gasteiger partial charge in [0.05, 0.1) is 12.1 Å². The number of hydrogen-bond donors (Lipinski definition) is 6. The summed E-state index contributed by atoms with van der Waals surface area (Å²) in [4.78, 5) is 116. The molecule has 0 unspecified atom stereocenters. The maximum absolute atomic E-state index is 14.2. The summed E-state index contributed by atoms with van der Waals surface area (Å²) in [6.45, 7) is 17.7. The number of rotatable bonds is 26. The molecule has 0 aliphatic carbocycles. The summed E-state index contributed by atoms with van der Waals surface area (Å²) in [5.74, 6) is -2.03. The molecule has 0 bridgehead atoms. The van der Waals surface area contributed by atoms with E-state index in [-0.39, 0.29) is 73.5 Å². The zero-order chi connectivity index (χ0) is 57.2. The average Bonchev–Trinajstić information content (AvgIpc) is 4.11. The molecule has 5 rings (SSSR count). The van der Waals surface area contributed by atoms with Crippen LogP contribution in [-0.2, 0) is 41.6 Å². The molecule has 3 aromatic carbocycles. The van der Waals surface area contributed by atoms with E-state index in [4.69, 9.17) is 0 Å². The van der Waals surface area contributed by atoms with Crippen LogP contribution in [0.25, 0.3) is 0 Å². The van der Waals surface area contributed by atoms with Crippen molar-refractivity contribution in [1.82, 2.24) is 51.5 Å².